The number of likely N-dealkylation sites (tertiary alicyclic amines) is 1. The Kier molecular flexibility index (Phi) is 5.09. The van der Waals surface area contributed by atoms with Gasteiger partial charge >= 0.3 is 0 Å². The monoisotopic (exact) mass is 212 g/mol. The largest absolute Gasteiger partial charge is 0.341 e. The molecule has 0 aromatic rings. The van der Waals surface area contributed by atoms with Crippen LogP contribution < -0.4 is 5.32 Å². The van der Waals surface area contributed by atoms with Gasteiger partial charge in [-0.1, -0.05) is 20.3 Å². The number of hydrogen-bond donors (Lipinski definition) is 1. The molecule has 1 amide bonds. The van der Waals surface area contributed by atoms with E-state index in [1.807, 2.05) is 11.9 Å². The van der Waals surface area contributed by atoms with Crippen LogP contribution in [0, 0.1) is 5.92 Å². The lowest BCUT2D eigenvalue weighted by Crippen LogP contribution is -2.50. The molecule has 0 radical (unpaired) electrons. The Labute approximate surface area is 93.2 Å². The fraction of sp³-hybridized carbons (Fsp3) is 0.917. The second kappa shape index (κ2) is 6.11. The molecule has 1 aliphatic heterocycles. The Morgan fingerprint density at radius 3 is 2.40 bits per heavy atom. The summed E-state index contributed by atoms with van der Waals surface area (Å²) in [5.41, 5.74) is 0. The Morgan fingerprint density at radius 1 is 1.33 bits per heavy atom. The van der Waals surface area contributed by atoms with Gasteiger partial charge in [-0.25, -0.2) is 0 Å². The van der Waals surface area contributed by atoms with Gasteiger partial charge in [0.25, 0.3) is 0 Å². The van der Waals surface area contributed by atoms with Crippen LogP contribution >= 0.6 is 0 Å². The van der Waals surface area contributed by atoms with Crippen molar-refractivity contribution in [3.8, 4) is 0 Å². The van der Waals surface area contributed by atoms with E-state index in [-0.39, 0.29) is 6.04 Å². The molecule has 1 saturated heterocycles. The second-order valence-electron chi connectivity index (χ2n) is 4.54. The molecule has 15 heavy (non-hydrogen) atoms. The number of piperidine rings is 1. The van der Waals surface area contributed by atoms with Gasteiger partial charge < -0.3 is 10.2 Å². The summed E-state index contributed by atoms with van der Waals surface area (Å²) in [5, 5.41) is 3.16. The third-order valence-corrected chi connectivity index (χ3v) is 3.46. The van der Waals surface area contributed by atoms with Crippen LogP contribution in [0.25, 0.3) is 0 Å². The minimum atomic E-state index is 0.00750. The van der Waals surface area contributed by atoms with Crippen LogP contribution in [0.1, 0.15) is 39.5 Å². The van der Waals surface area contributed by atoms with Gasteiger partial charge in [-0.15, -0.1) is 0 Å². The molecule has 3 heteroatoms. The summed E-state index contributed by atoms with van der Waals surface area (Å²) >= 11 is 0. The number of nitrogens with one attached hydrogen (secondary N) is 1. The predicted octanol–water partition coefficient (Wildman–Crippen LogP) is 1.63. The molecule has 2 atom stereocenters. The first-order chi connectivity index (χ1) is 7.20. The maximum atomic E-state index is 12.2. The molecule has 1 N–H and O–H groups in total. The maximum absolute atomic E-state index is 12.2. The molecule has 1 rings (SSSR count). The number of hydrogen-bond acceptors (Lipinski definition) is 2. The van der Waals surface area contributed by atoms with E-state index in [4.69, 9.17) is 0 Å². The summed E-state index contributed by atoms with van der Waals surface area (Å²) in [7, 11) is 1.89. The van der Waals surface area contributed by atoms with Crippen molar-refractivity contribution in [3.05, 3.63) is 0 Å². The minimum absolute atomic E-state index is 0.00750. The molecular formula is C12H24N2O. The van der Waals surface area contributed by atoms with Crippen LogP contribution in [-0.2, 0) is 4.79 Å². The summed E-state index contributed by atoms with van der Waals surface area (Å²) < 4.78 is 0. The van der Waals surface area contributed by atoms with Gasteiger partial charge in [0.05, 0.1) is 6.04 Å². The van der Waals surface area contributed by atoms with E-state index in [0.29, 0.717) is 11.8 Å². The van der Waals surface area contributed by atoms with Crippen LogP contribution in [-0.4, -0.2) is 37.0 Å². The van der Waals surface area contributed by atoms with Gasteiger partial charge in [0.2, 0.25) is 5.91 Å². The standard InChI is InChI=1S/C12H24N2O/c1-4-10(2)11(13-3)12(15)14-8-6-5-7-9-14/h10-11,13H,4-9H2,1-3H3. The molecule has 2 unspecified atom stereocenters. The Morgan fingerprint density at radius 2 is 1.93 bits per heavy atom. The van der Waals surface area contributed by atoms with Gasteiger partial charge in [-0.05, 0) is 32.2 Å². The number of nitrogens with zero attached hydrogens (tertiary/aromatic N) is 1. The zero-order valence-corrected chi connectivity index (χ0v) is 10.3. The zero-order chi connectivity index (χ0) is 11.3. The molecule has 0 bridgehead atoms. The van der Waals surface area contributed by atoms with Crippen LogP contribution in [0.15, 0.2) is 0 Å². The molecule has 0 aliphatic carbocycles. The molecule has 1 aliphatic rings. The second-order valence-corrected chi connectivity index (χ2v) is 4.54. The molecule has 0 aromatic heterocycles. The summed E-state index contributed by atoms with van der Waals surface area (Å²) in [4.78, 5) is 14.2. The average molecular weight is 212 g/mol. The smallest absolute Gasteiger partial charge is 0.239 e. The number of amides is 1. The summed E-state index contributed by atoms with van der Waals surface area (Å²) in [5.74, 6) is 0.718. The van der Waals surface area contributed by atoms with Gasteiger partial charge in [0.1, 0.15) is 0 Å². The summed E-state index contributed by atoms with van der Waals surface area (Å²) in [6.07, 6.45) is 4.66. The van der Waals surface area contributed by atoms with Gasteiger partial charge in [0.15, 0.2) is 0 Å². The highest BCUT2D eigenvalue weighted by Gasteiger charge is 2.27. The number of carbonyl (C=O) groups is 1. The van der Waals surface area contributed by atoms with E-state index < -0.39 is 0 Å². The third kappa shape index (κ3) is 3.20. The predicted molar refractivity (Wildman–Crippen MR) is 62.7 cm³/mol. The average Bonchev–Trinajstić information content (AvgIpc) is 2.30. The lowest BCUT2D eigenvalue weighted by Gasteiger charge is -2.32. The summed E-state index contributed by atoms with van der Waals surface area (Å²) in [6, 6.07) is 0.00750. The summed E-state index contributed by atoms with van der Waals surface area (Å²) in [6.45, 7) is 6.18. The lowest BCUT2D eigenvalue weighted by atomic mass is 9.97. The van der Waals surface area contributed by atoms with Crippen molar-refractivity contribution < 1.29 is 4.79 Å². The zero-order valence-electron chi connectivity index (χ0n) is 10.3. The van der Waals surface area contributed by atoms with Crippen molar-refractivity contribution in [3.63, 3.8) is 0 Å². The van der Waals surface area contributed by atoms with E-state index in [0.717, 1.165) is 19.5 Å². The highest BCUT2D eigenvalue weighted by Crippen LogP contribution is 2.14. The third-order valence-electron chi connectivity index (χ3n) is 3.46. The highest BCUT2D eigenvalue weighted by molar-refractivity contribution is 5.82. The van der Waals surface area contributed by atoms with Crippen LogP contribution in [0.4, 0.5) is 0 Å². The molecular weight excluding hydrogens is 188 g/mol. The number of rotatable bonds is 4. The Balaban J connectivity index is 2.54. The quantitative estimate of drug-likeness (QED) is 0.768. The van der Waals surface area contributed by atoms with E-state index >= 15 is 0 Å². The van der Waals surface area contributed by atoms with Gasteiger partial charge in [-0.3, -0.25) is 4.79 Å². The molecule has 0 saturated carbocycles. The number of carbonyl (C=O) groups excluding carboxylic acids is 1. The SMILES string of the molecule is CCC(C)C(NC)C(=O)N1CCCCC1. The van der Waals surface area contributed by atoms with Crippen molar-refractivity contribution in [1.82, 2.24) is 10.2 Å². The molecule has 0 aromatic carbocycles. The molecule has 0 spiro atoms. The molecule has 1 heterocycles. The first-order valence-corrected chi connectivity index (χ1v) is 6.16. The van der Waals surface area contributed by atoms with Gasteiger partial charge in [-0.2, -0.15) is 0 Å². The van der Waals surface area contributed by atoms with Crippen molar-refractivity contribution >= 4 is 5.91 Å². The van der Waals surface area contributed by atoms with Crippen molar-refractivity contribution in [2.24, 2.45) is 5.92 Å². The van der Waals surface area contributed by atoms with Crippen molar-refractivity contribution in [1.29, 1.82) is 0 Å². The number of likely N-dealkylation sites (N-methyl/N-ethyl adjacent to an activating group) is 1. The van der Waals surface area contributed by atoms with Crippen LogP contribution in [0.3, 0.4) is 0 Å². The Bertz CT molecular complexity index is 200. The fourth-order valence-corrected chi connectivity index (χ4v) is 2.20. The highest BCUT2D eigenvalue weighted by atomic mass is 16.2. The van der Waals surface area contributed by atoms with E-state index in [9.17, 15) is 4.79 Å². The van der Waals surface area contributed by atoms with E-state index in [1.54, 1.807) is 0 Å². The van der Waals surface area contributed by atoms with Crippen LogP contribution in [0.5, 0.6) is 0 Å². The maximum Gasteiger partial charge on any atom is 0.239 e. The molecule has 3 nitrogen and oxygen atoms in total. The molecule has 88 valence electrons. The Hall–Kier alpha value is -0.570. The van der Waals surface area contributed by atoms with Crippen molar-refractivity contribution in [2.75, 3.05) is 20.1 Å². The van der Waals surface area contributed by atoms with Crippen LogP contribution in [0.2, 0.25) is 0 Å². The van der Waals surface area contributed by atoms with Gasteiger partial charge in [0, 0.05) is 13.1 Å². The minimum Gasteiger partial charge on any atom is -0.341 e. The normalized spacial score (nSPS) is 21.1. The first kappa shape index (κ1) is 12.5. The van der Waals surface area contributed by atoms with E-state index in [2.05, 4.69) is 19.2 Å². The van der Waals surface area contributed by atoms with Crippen molar-refractivity contribution in [2.45, 2.75) is 45.6 Å². The van der Waals surface area contributed by atoms with E-state index in [1.165, 1.54) is 19.3 Å². The first-order valence-electron chi connectivity index (χ1n) is 6.16. The topological polar surface area (TPSA) is 32.3 Å². The molecule has 1 fully saturated rings. The fourth-order valence-electron chi connectivity index (χ4n) is 2.20. The lowest BCUT2D eigenvalue weighted by molar-refractivity contribution is -0.135.